The zero-order valence-electron chi connectivity index (χ0n) is 13.5. The summed E-state index contributed by atoms with van der Waals surface area (Å²) in [5.41, 5.74) is 1.48. The number of para-hydroxylation sites is 2. The van der Waals surface area contributed by atoms with Crippen molar-refractivity contribution in [3.05, 3.63) is 47.5 Å². The minimum Gasteiger partial charge on any atom is -0.274 e. The highest BCUT2D eigenvalue weighted by atomic mass is 35.5. The van der Waals surface area contributed by atoms with E-state index in [0.29, 0.717) is 10.9 Å². The molecule has 3 rings (SSSR count). The van der Waals surface area contributed by atoms with Crippen molar-refractivity contribution < 1.29 is 4.79 Å². The largest absolute Gasteiger partial charge is 0.274 e. The Kier molecular flexibility index (Phi) is 4.82. The van der Waals surface area contributed by atoms with Gasteiger partial charge in [-0.3, -0.25) is 9.36 Å². The second-order valence-corrected chi connectivity index (χ2v) is 8.43. The van der Waals surface area contributed by atoms with E-state index >= 15 is 0 Å². The topological polar surface area (TPSA) is 34.9 Å². The Morgan fingerprint density at radius 1 is 1.42 bits per heavy atom. The molecule has 3 nitrogen and oxygen atoms in total. The first-order chi connectivity index (χ1) is 11.4. The first-order valence-electron chi connectivity index (χ1n) is 7.66. The summed E-state index contributed by atoms with van der Waals surface area (Å²) in [6, 6.07) is 7.68. The molecule has 0 radical (unpaired) electrons. The maximum absolute atomic E-state index is 13.2. The second kappa shape index (κ2) is 6.58. The van der Waals surface area contributed by atoms with Gasteiger partial charge in [-0.25, -0.2) is 4.98 Å². The first-order valence-corrected chi connectivity index (χ1v) is 9.40. The number of carbonyl (C=O) groups is 1. The van der Waals surface area contributed by atoms with Crippen LogP contribution in [0.5, 0.6) is 0 Å². The molecule has 6 heteroatoms. The lowest BCUT2D eigenvalue weighted by molar-refractivity contribution is 0.0863. The van der Waals surface area contributed by atoms with Gasteiger partial charge in [-0.2, -0.15) is 0 Å². The fourth-order valence-corrected chi connectivity index (χ4v) is 4.20. The van der Waals surface area contributed by atoms with Gasteiger partial charge in [-0.1, -0.05) is 67.0 Å². The van der Waals surface area contributed by atoms with Crippen LogP contribution in [-0.4, -0.2) is 21.2 Å². The normalized spacial score (nSPS) is 21.5. The number of imidazole rings is 1. The van der Waals surface area contributed by atoms with E-state index in [2.05, 4.69) is 25.4 Å². The second-order valence-electron chi connectivity index (χ2n) is 6.44. The smallest absolute Gasteiger partial charge is 0.237 e. The number of allylic oxidation sites excluding steroid dienone is 1. The van der Waals surface area contributed by atoms with E-state index in [0.717, 1.165) is 11.0 Å². The number of hydrogen-bond acceptors (Lipinski definition) is 3. The van der Waals surface area contributed by atoms with Crippen LogP contribution in [0.3, 0.4) is 0 Å². The third-order valence-electron chi connectivity index (χ3n) is 4.56. The average molecular weight is 381 g/mol. The fraction of sp³-hybridized carbons (Fsp3) is 0.333. The van der Waals surface area contributed by atoms with E-state index in [-0.39, 0.29) is 27.6 Å². The summed E-state index contributed by atoms with van der Waals surface area (Å²) in [6.45, 7) is 7.86. The van der Waals surface area contributed by atoms with Gasteiger partial charge in [0.2, 0.25) is 5.91 Å². The number of hydrogen-bond donors (Lipinski definition) is 0. The standard InChI is InChI=1S/C18H18Cl2N2OS/c1-4-9-24-17-21-12-7-5-6-8-13(12)22(17)16(23)15-11(10-14(19)20)18(15,2)3/h4-8,10-11,15H,1,9H2,2-3H3. The van der Waals surface area contributed by atoms with Crippen LogP contribution in [0.15, 0.2) is 52.6 Å². The molecule has 1 aliphatic carbocycles. The monoisotopic (exact) mass is 380 g/mol. The molecule has 1 saturated carbocycles. The van der Waals surface area contributed by atoms with Gasteiger partial charge in [0, 0.05) is 5.75 Å². The van der Waals surface area contributed by atoms with Gasteiger partial charge in [0.25, 0.3) is 0 Å². The van der Waals surface area contributed by atoms with Gasteiger partial charge < -0.3 is 0 Å². The van der Waals surface area contributed by atoms with Crippen molar-refractivity contribution >= 4 is 51.9 Å². The van der Waals surface area contributed by atoms with Crippen LogP contribution in [0.25, 0.3) is 11.0 Å². The van der Waals surface area contributed by atoms with Gasteiger partial charge in [-0.15, -0.1) is 6.58 Å². The Labute approximate surface area is 155 Å². The lowest BCUT2D eigenvalue weighted by Gasteiger charge is -2.08. The summed E-state index contributed by atoms with van der Waals surface area (Å²) in [5.74, 6) is 0.608. The third-order valence-corrected chi connectivity index (χ3v) is 5.75. The molecule has 0 saturated heterocycles. The predicted octanol–water partition coefficient (Wildman–Crippen LogP) is 5.55. The van der Waals surface area contributed by atoms with E-state index in [1.807, 2.05) is 24.3 Å². The molecule has 1 aromatic heterocycles. The SMILES string of the molecule is C=CCSc1nc2ccccc2n1C(=O)C1C(C=C(Cl)Cl)C1(C)C. The Bertz CT molecular complexity index is 837. The highest BCUT2D eigenvalue weighted by Gasteiger charge is 2.61. The summed E-state index contributed by atoms with van der Waals surface area (Å²) in [4.78, 5) is 17.8. The van der Waals surface area contributed by atoms with E-state index in [9.17, 15) is 4.79 Å². The highest BCUT2D eigenvalue weighted by molar-refractivity contribution is 7.99. The van der Waals surface area contributed by atoms with E-state index < -0.39 is 0 Å². The maximum Gasteiger partial charge on any atom is 0.237 e. The first kappa shape index (κ1) is 17.6. The van der Waals surface area contributed by atoms with Gasteiger partial charge >= 0.3 is 0 Å². The van der Waals surface area contributed by atoms with Crippen LogP contribution in [0.4, 0.5) is 0 Å². The van der Waals surface area contributed by atoms with Crippen LogP contribution in [0.1, 0.15) is 18.6 Å². The minimum absolute atomic E-state index is 0.0356. The van der Waals surface area contributed by atoms with E-state index in [1.54, 1.807) is 16.7 Å². The van der Waals surface area contributed by atoms with Crippen molar-refractivity contribution in [3.8, 4) is 0 Å². The van der Waals surface area contributed by atoms with Crippen molar-refractivity contribution in [2.75, 3.05) is 5.75 Å². The van der Waals surface area contributed by atoms with Crippen LogP contribution in [0.2, 0.25) is 0 Å². The number of rotatable bonds is 5. The van der Waals surface area contributed by atoms with Crippen molar-refractivity contribution in [1.82, 2.24) is 9.55 Å². The summed E-state index contributed by atoms with van der Waals surface area (Å²) in [6.07, 6.45) is 3.57. The molecule has 2 aromatic rings. The molecule has 1 fully saturated rings. The lowest BCUT2D eigenvalue weighted by Crippen LogP contribution is -2.17. The highest BCUT2D eigenvalue weighted by Crippen LogP contribution is 2.60. The number of benzene rings is 1. The number of carbonyl (C=O) groups excluding carboxylic acids is 1. The molecule has 1 aromatic carbocycles. The van der Waals surface area contributed by atoms with Crippen molar-refractivity contribution in [2.45, 2.75) is 19.0 Å². The van der Waals surface area contributed by atoms with E-state index in [4.69, 9.17) is 23.2 Å². The zero-order chi connectivity index (χ0) is 17.5. The quantitative estimate of drug-likeness (QED) is 0.503. The molecule has 24 heavy (non-hydrogen) atoms. The van der Waals surface area contributed by atoms with Crippen LogP contribution in [-0.2, 0) is 0 Å². The molecular formula is C18H18Cl2N2OS. The average Bonchev–Trinajstić information content (AvgIpc) is 2.90. The summed E-state index contributed by atoms with van der Waals surface area (Å²) >= 11 is 13.1. The third kappa shape index (κ3) is 3.03. The van der Waals surface area contributed by atoms with Gasteiger partial charge in [0.1, 0.15) is 4.49 Å². The van der Waals surface area contributed by atoms with Crippen molar-refractivity contribution in [3.63, 3.8) is 0 Å². The zero-order valence-corrected chi connectivity index (χ0v) is 15.8. The predicted molar refractivity (Wildman–Crippen MR) is 102 cm³/mol. The molecule has 0 amide bonds. The molecule has 2 unspecified atom stereocenters. The molecule has 1 heterocycles. The maximum atomic E-state index is 13.2. The molecule has 0 spiro atoms. The molecule has 1 aliphatic rings. The number of thioether (sulfide) groups is 1. The number of fused-ring (bicyclic) bond motifs is 1. The lowest BCUT2D eigenvalue weighted by atomic mass is 10.1. The Hall–Kier alpha value is -1.23. The molecule has 2 atom stereocenters. The summed E-state index contributed by atoms with van der Waals surface area (Å²) in [7, 11) is 0. The molecule has 126 valence electrons. The number of nitrogens with zero attached hydrogens (tertiary/aromatic N) is 2. The van der Waals surface area contributed by atoms with Gasteiger partial charge in [0.15, 0.2) is 5.16 Å². The van der Waals surface area contributed by atoms with E-state index in [1.165, 1.54) is 11.8 Å². The molecule has 0 aliphatic heterocycles. The van der Waals surface area contributed by atoms with Gasteiger partial charge in [0.05, 0.1) is 17.0 Å². The van der Waals surface area contributed by atoms with Crippen LogP contribution < -0.4 is 0 Å². The Morgan fingerprint density at radius 2 is 2.12 bits per heavy atom. The Balaban J connectivity index is 2.03. The van der Waals surface area contributed by atoms with Crippen LogP contribution >= 0.6 is 35.0 Å². The van der Waals surface area contributed by atoms with Crippen LogP contribution in [0, 0.1) is 17.3 Å². The summed E-state index contributed by atoms with van der Waals surface area (Å²) < 4.78 is 1.94. The van der Waals surface area contributed by atoms with Crippen molar-refractivity contribution in [1.29, 1.82) is 0 Å². The number of aromatic nitrogens is 2. The fourth-order valence-electron chi connectivity index (χ4n) is 3.18. The molecule has 0 bridgehead atoms. The Morgan fingerprint density at radius 3 is 2.79 bits per heavy atom. The summed E-state index contributed by atoms with van der Waals surface area (Å²) in [5, 5.41) is 0.698. The molecular weight excluding hydrogens is 363 g/mol. The molecule has 0 N–H and O–H groups in total. The minimum atomic E-state index is -0.169. The number of halogens is 2. The van der Waals surface area contributed by atoms with Crippen molar-refractivity contribution in [2.24, 2.45) is 17.3 Å². The van der Waals surface area contributed by atoms with Gasteiger partial charge in [-0.05, 0) is 29.5 Å².